The minimum atomic E-state index is -0.952. The summed E-state index contributed by atoms with van der Waals surface area (Å²) in [4.78, 5) is 11.0. The molecule has 46 heavy (non-hydrogen) atoms. The summed E-state index contributed by atoms with van der Waals surface area (Å²) in [5.74, 6) is 6.00. The number of aliphatic hydroxyl groups excluding tert-OH is 4. The number of nitrogens with one attached hydrogen (secondary N) is 1. The molecule has 1 heterocycles. The van der Waals surface area contributed by atoms with E-state index in [0.29, 0.717) is 25.7 Å². The molecule has 0 saturated carbocycles. The van der Waals surface area contributed by atoms with Gasteiger partial charge in [0.1, 0.15) is 0 Å². The Labute approximate surface area is 276 Å². The largest absolute Gasteiger partial charge is 0.481 e. The van der Waals surface area contributed by atoms with Gasteiger partial charge in [0.05, 0.1) is 36.9 Å². The third kappa shape index (κ3) is 12.1. The second-order valence-electron chi connectivity index (χ2n) is 12.9. The second-order valence-corrected chi connectivity index (χ2v) is 12.9. The Kier molecular flexibility index (Phi) is 16.8. The van der Waals surface area contributed by atoms with E-state index >= 15 is 0 Å². The molecule has 0 amide bonds. The van der Waals surface area contributed by atoms with Crippen LogP contribution in [0.4, 0.5) is 0 Å². The monoisotopic (exact) mass is 635 g/mol. The van der Waals surface area contributed by atoms with E-state index in [0.717, 1.165) is 80.1 Å². The molecule has 1 aliphatic heterocycles. The van der Waals surface area contributed by atoms with Gasteiger partial charge in [0, 0.05) is 18.0 Å². The van der Waals surface area contributed by atoms with Gasteiger partial charge in [-0.15, -0.1) is 0 Å². The maximum absolute atomic E-state index is 11.3. The normalized spacial score (nSPS) is 23.1. The second kappa shape index (κ2) is 20.5. The highest BCUT2D eigenvalue weighted by Gasteiger charge is 2.32. The average molecular weight is 636 g/mol. The lowest BCUT2D eigenvalue weighted by Gasteiger charge is -2.36. The van der Waals surface area contributed by atoms with Gasteiger partial charge in [0.15, 0.2) is 0 Å². The van der Waals surface area contributed by atoms with E-state index in [1.165, 1.54) is 5.56 Å². The van der Waals surface area contributed by atoms with Gasteiger partial charge in [-0.2, -0.15) is 0 Å². The molecular formula is C39H57NO6. The molecule has 0 fully saturated rings. The van der Waals surface area contributed by atoms with Gasteiger partial charge in [-0.25, -0.2) is 0 Å². The Hall–Kier alpha value is -2.73. The zero-order valence-corrected chi connectivity index (χ0v) is 28.0. The van der Waals surface area contributed by atoms with Crippen LogP contribution in [0.3, 0.4) is 0 Å². The molecule has 0 spiro atoms. The number of unbranched alkanes of at least 4 members (excludes halogenated alkanes) is 5. The first kappa shape index (κ1) is 37.7. The number of allylic oxidation sites excluding steroid dienone is 2. The number of aliphatic hydroxyl groups is 4. The van der Waals surface area contributed by atoms with Gasteiger partial charge in [0.25, 0.3) is 0 Å². The summed E-state index contributed by atoms with van der Waals surface area (Å²) >= 11 is 0. The van der Waals surface area contributed by atoms with E-state index in [1.54, 1.807) is 0 Å². The lowest BCUT2D eigenvalue weighted by molar-refractivity contribution is -0.137. The van der Waals surface area contributed by atoms with Gasteiger partial charge in [-0.3, -0.25) is 4.79 Å². The first-order valence-electron chi connectivity index (χ1n) is 17.6. The Bertz CT molecular complexity index is 1240. The average Bonchev–Trinajstić information content (AvgIpc) is 3.04. The van der Waals surface area contributed by atoms with E-state index < -0.39 is 24.3 Å². The fourth-order valence-corrected chi connectivity index (χ4v) is 6.63. The van der Waals surface area contributed by atoms with Gasteiger partial charge in [0.2, 0.25) is 0 Å². The van der Waals surface area contributed by atoms with Crippen LogP contribution in [0.5, 0.6) is 0 Å². The fourth-order valence-electron chi connectivity index (χ4n) is 6.63. The molecule has 0 saturated heterocycles. The molecule has 7 nitrogen and oxygen atoms in total. The number of carbonyl (C=O) groups is 1. The Morgan fingerprint density at radius 3 is 2.63 bits per heavy atom. The van der Waals surface area contributed by atoms with Gasteiger partial charge in [-0.1, -0.05) is 107 Å². The van der Waals surface area contributed by atoms with Crippen molar-refractivity contribution in [2.24, 2.45) is 5.92 Å². The van der Waals surface area contributed by atoms with Crippen molar-refractivity contribution in [3.8, 4) is 11.8 Å². The SMILES string of the molecule is CCCCCC(O)C=CC1=C(CC(O)CO)C(CCCCCCC(=O)O)NC2C(C#Cc3c(CC)cccc3CC1)C=CCC2O. The van der Waals surface area contributed by atoms with E-state index in [2.05, 4.69) is 55.3 Å². The van der Waals surface area contributed by atoms with Crippen LogP contribution in [0.15, 0.2) is 53.6 Å². The van der Waals surface area contributed by atoms with Gasteiger partial charge >= 0.3 is 5.97 Å². The Balaban J connectivity index is 2.11. The molecule has 6 atom stereocenters. The van der Waals surface area contributed by atoms with Crippen LogP contribution in [0.1, 0.15) is 114 Å². The van der Waals surface area contributed by atoms with E-state index in [9.17, 15) is 25.2 Å². The highest BCUT2D eigenvalue weighted by Crippen LogP contribution is 2.30. The summed E-state index contributed by atoms with van der Waals surface area (Å²) in [6.45, 7) is 3.91. The van der Waals surface area contributed by atoms with Crippen LogP contribution < -0.4 is 5.32 Å². The molecule has 0 bridgehead atoms. The topological polar surface area (TPSA) is 130 Å². The third-order valence-corrected chi connectivity index (χ3v) is 9.32. The van der Waals surface area contributed by atoms with Crippen LogP contribution in [0.2, 0.25) is 0 Å². The van der Waals surface area contributed by atoms with Crippen molar-refractivity contribution in [3.05, 3.63) is 70.3 Å². The first-order valence-corrected chi connectivity index (χ1v) is 17.6. The molecule has 0 radical (unpaired) electrons. The van der Waals surface area contributed by atoms with Crippen molar-refractivity contribution < 1.29 is 30.3 Å². The van der Waals surface area contributed by atoms with Crippen LogP contribution in [0, 0.1) is 17.8 Å². The van der Waals surface area contributed by atoms with Gasteiger partial charge < -0.3 is 30.8 Å². The maximum Gasteiger partial charge on any atom is 0.303 e. The molecule has 1 aromatic rings. The number of carboxylic acid groups (broad SMARTS) is 1. The first-order chi connectivity index (χ1) is 22.3. The molecule has 254 valence electrons. The predicted molar refractivity (Wildman–Crippen MR) is 184 cm³/mol. The lowest BCUT2D eigenvalue weighted by atomic mass is 9.83. The number of fused-ring (bicyclic) bond motifs is 2. The van der Waals surface area contributed by atoms with Gasteiger partial charge in [-0.05, 0) is 73.6 Å². The van der Waals surface area contributed by atoms with E-state index in [4.69, 9.17) is 5.11 Å². The van der Waals surface area contributed by atoms with E-state index in [1.807, 2.05) is 18.2 Å². The Morgan fingerprint density at radius 2 is 1.89 bits per heavy atom. The summed E-state index contributed by atoms with van der Waals surface area (Å²) in [6, 6.07) is 5.79. The summed E-state index contributed by atoms with van der Waals surface area (Å²) in [5, 5.41) is 55.8. The zero-order chi connectivity index (χ0) is 33.3. The van der Waals surface area contributed by atoms with Crippen molar-refractivity contribution in [2.45, 2.75) is 141 Å². The number of benzene rings is 1. The van der Waals surface area contributed by atoms with Crippen molar-refractivity contribution in [1.29, 1.82) is 0 Å². The molecular weight excluding hydrogens is 578 g/mol. The fraction of sp³-hybridized carbons (Fsp3) is 0.615. The smallest absolute Gasteiger partial charge is 0.303 e. The highest BCUT2D eigenvalue weighted by atomic mass is 16.4. The quantitative estimate of drug-likeness (QED) is 0.0728. The molecule has 3 rings (SSSR count). The predicted octanol–water partition coefficient (Wildman–Crippen LogP) is 5.77. The van der Waals surface area contributed by atoms with Crippen LogP contribution in [-0.2, 0) is 17.6 Å². The number of hydrogen-bond acceptors (Lipinski definition) is 6. The molecule has 0 aromatic heterocycles. The highest BCUT2D eigenvalue weighted by molar-refractivity contribution is 5.66. The number of rotatable bonds is 17. The minimum Gasteiger partial charge on any atom is -0.481 e. The molecule has 6 N–H and O–H groups in total. The molecule has 2 aliphatic rings. The van der Waals surface area contributed by atoms with Crippen LogP contribution in [-0.4, -0.2) is 68.5 Å². The van der Waals surface area contributed by atoms with Crippen molar-refractivity contribution >= 4 is 5.97 Å². The van der Waals surface area contributed by atoms with Crippen LogP contribution >= 0.6 is 0 Å². The number of aliphatic carboxylic acids is 1. The molecule has 1 aromatic carbocycles. The number of hydrogen-bond donors (Lipinski definition) is 6. The van der Waals surface area contributed by atoms with Crippen molar-refractivity contribution in [3.63, 3.8) is 0 Å². The summed E-state index contributed by atoms with van der Waals surface area (Å²) in [6.07, 6.45) is 16.6. The van der Waals surface area contributed by atoms with Crippen molar-refractivity contribution in [2.75, 3.05) is 6.61 Å². The molecule has 7 heteroatoms. The van der Waals surface area contributed by atoms with Crippen LogP contribution in [0.25, 0.3) is 0 Å². The molecule has 6 unspecified atom stereocenters. The minimum absolute atomic E-state index is 0.160. The summed E-state index contributed by atoms with van der Waals surface area (Å²) in [5.41, 5.74) is 5.38. The summed E-state index contributed by atoms with van der Waals surface area (Å²) in [7, 11) is 0. The third-order valence-electron chi connectivity index (χ3n) is 9.32. The maximum atomic E-state index is 11.3. The standard InChI is InChI=1S/C39H57NO6/c1-3-5-8-16-32(42)24-22-30-21-20-29-14-11-13-28(4-2)34(29)25-23-31-15-12-18-37(44)39(31)40-36(35(30)26-33(43)27-41)17-9-6-7-10-19-38(45)46/h11-15,22,24,31-33,36-37,39-44H,3-10,16-21,26-27H2,1-2H3,(H,45,46). The lowest BCUT2D eigenvalue weighted by Crippen LogP contribution is -2.51. The molecule has 1 aliphatic carbocycles. The van der Waals surface area contributed by atoms with E-state index in [-0.39, 0.29) is 37.5 Å². The number of aryl methyl sites for hydroxylation is 2. The number of carboxylic acids is 1. The summed E-state index contributed by atoms with van der Waals surface area (Å²) < 4.78 is 0. The Morgan fingerprint density at radius 1 is 1.09 bits per heavy atom. The van der Waals surface area contributed by atoms with Crippen molar-refractivity contribution in [1.82, 2.24) is 5.32 Å². The zero-order valence-electron chi connectivity index (χ0n) is 28.0.